The van der Waals surface area contributed by atoms with Gasteiger partial charge in [-0.25, -0.2) is 0 Å². The fraction of sp³-hybridized carbons (Fsp3) is 1.00. The number of hydrogen-bond donors (Lipinski definition) is 1. The van der Waals surface area contributed by atoms with E-state index in [-0.39, 0.29) is 0 Å². The van der Waals surface area contributed by atoms with Crippen LogP contribution in [0.2, 0.25) is 0 Å². The Bertz CT molecular complexity index is 115. The molecular formula is C9H19NOS. The molecule has 0 aliphatic carbocycles. The maximum atomic E-state index is 5.14. The SMILES string of the molecule is CCC(COC)NC1CCSC1. The van der Waals surface area contributed by atoms with Gasteiger partial charge in [0.2, 0.25) is 0 Å². The molecule has 1 N–H and O–H groups in total. The zero-order chi connectivity index (χ0) is 8.81. The van der Waals surface area contributed by atoms with Gasteiger partial charge in [0.25, 0.3) is 0 Å². The molecule has 0 spiro atoms. The summed E-state index contributed by atoms with van der Waals surface area (Å²) in [5.74, 6) is 2.60. The largest absolute Gasteiger partial charge is 0.383 e. The highest BCUT2D eigenvalue weighted by atomic mass is 32.2. The molecule has 3 heteroatoms. The summed E-state index contributed by atoms with van der Waals surface area (Å²) in [7, 11) is 1.77. The third-order valence-electron chi connectivity index (χ3n) is 2.26. The van der Waals surface area contributed by atoms with Gasteiger partial charge in [0.1, 0.15) is 0 Å². The van der Waals surface area contributed by atoms with Crippen LogP contribution in [-0.4, -0.2) is 37.3 Å². The highest BCUT2D eigenvalue weighted by Crippen LogP contribution is 2.17. The summed E-state index contributed by atoms with van der Waals surface area (Å²) in [6.45, 7) is 3.05. The second-order valence-corrected chi connectivity index (χ2v) is 4.44. The van der Waals surface area contributed by atoms with Gasteiger partial charge in [-0.1, -0.05) is 6.92 Å². The van der Waals surface area contributed by atoms with Gasteiger partial charge < -0.3 is 10.1 Å². The van der Waals surface area contributed by atoms with Crippen molar-refractivity contribution in [3.05, 3.63) is 0 Å². The maximum Gasteiger partial charge on any atom is 0.0615 e. The normalized spacial score (nSPS) is 26.0. The fourth-order valence-corrected chi connectivity index (χ4v) is 2.65. The zero-order valence-electron chi connectivity index (χ0n) is 8.01. The lowest BCUT2D eigenvalue weighted by Crippen LogP contribution is -2.40. The first-order valence-electron chi connectivity index (χ1n) is 4.69. The summed E-state index contributed by atoms with van der Waals surface area (Å²) in [6, 6.07) is 1.29. The second kappa shape index (κ2) is 5.84. The van der Waals surface area contributed by atoms with Crippen molar-refractivity contribution in [1.29, 1.82) is 0 Å². The molecule has 1 rings (SSSR count). The molecule has 72 valence electrons. The monoisotopic (exact) mass is 189 g/mol. The van der Waals surface area contributed by atoms with Gasteiger partial charge in [-0.2, -0.15) is 11.8 Å². The van der Waals surface area contributed by atoms with Crippen molar-refractivity contribution >= 4 is 11.8 Å². The Labute approximate surface area is 79.4 Å². The molecule has 2 unspecified atom stereocenters. The van der Waals surface area contributed by atoms with Crippen molar-refractivity contribution in [3.8, 4) is 0 Å². The first-order chi connectivity index (χ1) is 5.86. The summed E-state index contributed by atoms with van der Waals surface area (Å²) in [6.07, 6.45) is 2.49. The summed E-state index contributed by atoms with van der Waals surface area (Å²) in [5.41, 5.74) is 0. The molecule has 0 amide bonds. The van der Waals surface area contributed by atoms with Gasteiger partial charge in [-0.05, 0) is 18.6 Å². The van der Waals surface area contributed by atoms with E-state index in [1.165, 1.54) is 17.9 Å². The van der Waals surface area contributed by atoms with E-state index >= 15 is 0 Å². The number of rotatable bonds is 5. The van der Waals surface area contributed by atoms with Crippen LogP contribution in [0.4, 0.5) is 0 Å². The van der Waals surface area contributed by atoms with E-state index in [1.54, 1.807) is 7.11 Å². The molecule has 1 aliphatic rings. The predicted octanol–water partition coefficient (Wildman–Crippen LogP) is 1.51. The van der Waals surface area contributed by atoms with E-state index < -0.39 is 0 Å². The number of methoxy groups -OCH3 is 1. The predicted molar refractivity (Wildman–Crippen MR) is 54.8 cm³/mol. The molecule has 2 nitrogen and oxygen atoms in total. The second-order valence-electron chi connectivity index (χ2n) is 3.29. The molecule has 1 aliphatic heterocycles. The van der Waals surface area contributed by atoms with Crippen molar-refractivity contribution in [3.63, 3.8) is 0 Å². The first-order valence-corrected chi connectivity index (χ1v) is 5.85. The molecule has 0 aromatic heterocycles. The van der Waals surface area contributed by atoms with Crippen molar-refractivity contribution in [2.45, 2.75) is 31.8 Å². The van der Waals surface area contributed by atoms with Gasteiger partial charge in [0, 0.05) is 24.9 Å². The lowest BCUT2D eigenvalue weighted by atomic mass is 10.2. The Hall–Kier alpha value is 0.270. The van der Waals surface area contributed by atoms with Gasteiger partial charge in [-0.3, -0.25) is 0 Å². The van der Waals surface area contributed by atoms with Crippen LogP contribution in [0.25, 0.3) is 0 Å². The molecule has 0 bridgehead atoms. The molecule has 0 radical (unpaired) electrons. The number of thioether (sulfide) groups is 1. The molecule has 2 atom stereocenters. The fourth-order valence-electron chi connectivity index (χ4n) is 1.48. The van der Waals surface area contributed by atoms with E-state index in [0.717, 1.165) is 19.1 Å². The highest BCUT2D eigenvalue weighted by molar-refractivity contribution is 7.99. The molecule has 0 saturated carbocycles. The topological polar surface area (TPSA) is 21.3 Å². The molecule has 12 heavy (non-hydrogen) atoms. The molecule has 1 saturated heterocycles. The summed E-state index contributed by atoms with van der Waals surface area (Å²) in [5, 5.41) is 3.62. The van der Waals surface area contributed by atoms with Crippen molar-refractivity contribution in [1.82, 2.24) is 5.32 Å². The van der Waals surface area contributed by atoms with Crippen molar-refractivity contribution < 1.29 is 4.74 Å². The molecule has 0 aromatic carbocycles. The summed E-state index contributed by atoms with van der Waals surface area (Å²) in [4.78, 5) is 0. The van der Waals surface area contributed by atoms with Crippen LogP contribution in [0.1, 0.15) is 19.8 Å². The quantitative estimate of drug-likeness (QED) is 0.708. The molecular weight excluding hydrogens is 170 g/mol. The lowest BCUT2D eigenvalue weighted by molar-refractivity contribution is 0.160. The average molecular weight is 189 g/mol. The number of hydrogen-bond acceptors (Lipinski definition) is 3. The Morgan fingerprint density at radius 1 is 1.67 bits per heavy atom. The standard InChI is InChI=1S/C9H19NOS/c1-3-8(6-11-2)10-9-4-5-12-7-9/h8-10H,3-7H2,1-2H3. The third kappa shape index (κ3) is 3.33. The van der Waals surface area contributed by atoms with Gasteiger partial charge in [0.15, 0.2) is 0 Å². The van der Waals surface area contributed by atoms with E-state index in [0.29, 0.717) is 6.04 Å². The minimum Gasteiger partial charge on any atom is -0.383 e. The van der Waals surface area contributed by atoms with E-state index in [9.17, 15) is 0 Å². The summed E-state index contributed by atoms with van der Waals surface area (Å²) < 4.78 is 5.14. The first kappa shape index (κ1) is 10.4. The zero-order valence-corrected chi connectivity index (χ0v) is 8.82. The Morgan fingerprint density at radius 2 is 2.50 bits per heavy atom. The number of ether oxygens (including phenoxy) is 1. The minimum absolute atomic E-state index is 0.554. The highest BCUT2D eigenvalue weighted by Gasteiger charge is 2.17. The van der Waals surface area contributed by atoms with Crippen molar-refractivity contribution in [2.75, 3.05) is 25.2 Å². The van der Waals surface area contributed by atoms with Crippen LogP contribution in [0.15, 0.2) is 0 Å². The Morgan fingerprint density at radius 3 is 3.00 bits per heavy atom. The Kier molecular flexibility index (Phi) is 5.04. The van der Waals surface area contributed by atoms with Gasteiger partial charge in [0.05, 0.1) is 6.61 Å². The van der Waals surface area contributed by atoms with Crippen LogP contribution in [0.3, 0.4) is 0 Å². The minimum atomic E-state index is 0.554. The molecule has 1 fully saturated rings. The number of nitrogens with one attached hydrogen (secondary N) is 1. The molecule has 1 heterocycles. The van der Waals surface area contributed by atoms with Crippen LogP contribution in [0, 0.1) is 0 Å². The third-order valence-corrected chi connectivity index (χ3v) is 3.42. The van der Waals surface area contributed by atoms with Crippen LogP contribution < -0.4 is 5.32 Å². The van der Waals surface area contributed by atoms with Crippen LogP contribution in [-0.2, 0) is 4.74 Å². The van der Waals surface area contributed by atoms with Crippen LogP contribution >= 0.6 is 11.8 Å². The van der Waals surface area contributed by atoms with Crippen LogP contribution in [0.5, 0.6) is 0 Å². The maximum absolute atomic E-state index is 5.14. The summed E-state index contributed by atoms with van der Waals surface area (Å²) >= 11 is 2.05. The van der Waals surface area contributed by atoms with E-state index in [2.05, 4.69) is 12.2 Å². The average Bonchev–Trinajstić information content (AvgIpc) is 2.56. The van der Waals surface area contributed by atoms with Gasteiger partial charge >= 0.3 is 0 Å². The lowest BCUT2D eigenvalue weighted by Gasteiger charge is -2.20. The Balaban J connectivity index is 2.16. The van der Waals surface area contributed by atoms with Crippen molar-refractivity contribution in [2.24, 2.45) is 0 Å². The van der Waals surface area contributed by atoms with E-state index in [1.807, 2.05) is 11.8 Å². The van der Waals surface area contributed by atoms with Gasteiger partial charge in [-0.15, -0.1) is 0 Å². The molecule has 0 aromatic rings. The van der Waals surface area contributed by atoms with E-state index in [4.69, 9.17) is 4.74 Å². The smallest absolute Gasteiger partial charge is 0.0615 e.